The van der Waals surface area contributed by atoms with Crippen molar-refractivity contribution in [3.8, 4) is 33.4 Å². The fourth-order valence-corrected chi connectivity index (χ4v) is 17.7. The van der Waals surface area contributed by atoms with Gasteiger partial charge in [-0.1, -0.05) is 223 Å². The molecule has 0 atom stereocenters. The highest BCUT2D eigenvalue weighted by Crippen LogP contribution is 2.56. The van der Waals surface area contributed by atoms with Gasteiger partial charge in [0.05, 0.1) is 22.6 Å². The van der Waals surface area contributed by atoms with Gasteiger partial charge in [0.1, 0.15) is 52.0 Å². The van der Waals surface area contributed by atoms with Crippen LogP contribution in [0.15, 0.2) is 331 Å². The van der Waals surface area contributed by atoms with Crippen molar-refractivity contribution in [1.29, 1.82) is 0 Å². The fourth-order valence-electron chi connectivity index (χ4n) is 16.4. The molecular formula is C91H53B2F10N5S. The molecule has 0 saturated heterocycles. The third-order valence-electron chi connectivity index (χ3n) is 20.9. The van der Waals surface area contributed by atoms with Gasteiger partial charge in [-0.25, -0.2) is 30.7 Å². The van der Waals surface area contributed by atoms with Crippen molar-refractivity contribution in [3.05, 3.63) is 368 Å². The lowest BCUT2D eigenvalue weighted by Crippen LogP contribution is -2.65. The molecule has 0 unspecified atom stereocenters. The number of halogens is 10. The van der Waals surface area contributed by atoms with E-state index in [0.29, 0.717) is 60.7 Å². The molecule has 19 rings (SSSR count). The van der Waals surface area contributed by atoms with Crippen LogP contribution in [0.4, 0.5) is 129 Å². The first-order valence-corrected chi connectivity index (χ1v) is 36.0. The number of rotatable bonds is 12. The molecule has 15 aromatic carbocycles. The van der Waals surface area contributed by atoms with Gasteiger partial charge in [0.15, 0.2) is 5.82 Å². The standard InChI is InChI=1S/C91H53B2F10N5S/c94-70-36-19-37-71(95)87(70)105(59-29-11-4-12-30-59)62-49-78-82-79(50-62)108(85-64(57-26-9-3-10-27-57)32-18-33-65(85)91(101,102)103)86-68(92(82)66-34-13-15-42-76(66)106(78)88-72(96)38-20-39-73(88)97)53-69-90(84(86)100)109-81-52-63(51-80-83(81)93(69)67-35-14-16-43-77(67)107(80)89-74(98)40-21-41-75(89)99)104(60-46-44-56(45-47-60)54-22-5-1-6-23-54)61-31-17-28-58(48-61)55-24-7-2-8-25-55/h1-53H. The number of fused-ring (bicyclic) bond motifs is 8. The first-order valence-electron chi connectivity index (χ1n) is 35.2. The van der Waals surface area contributed by atoms with Crippen LogP contribution in [0.1, 0.15) is 5.56 Å². The molecule has 109 heavy (non-hydrogen) atoms. The van der Waals surface area contributed by atoms with Gasteiger partial charge in [-0.3, -0.25) is 0 Å². The Kier molecular flexibility index (Phi) is 16.1. The Hall–Kier alpha value is -12.9. The number of anilines is 15. The molecule has 0 N–H and O–H groups in total. The summed E-state index contributed by atoms with van der Waals surface area (Å²) in [5, 5.41) is 0. The summed E-state index contributed by atoms with van der Waals surface area (Å²) in [5.74, 6) is -6.87. The maximum atomic E-state index is 21.0. The molecule has 0 saturated carbocycles. The highest BCUT2D eigenvalue weighted by atomic mass is 32.2. The van der Waals surface area contributed by atoms with Gasteiger partial charge in [0.2, 0.25) is 6.71 Å². The number of benzene rings is 15. The van der Waals surface area contributed by atoms with Crippen molar-refractivity contribution < 1.29 is 43.9 Å². The van der Waals surface area contributed by atoms with E-state index < -0.39 is 82.9 Å². The summed E-state index contributed by atoms with van der Waals surface area (Å²) in [6.45, 7) is -2.21. The molecule has 4 aliphatic heterocycles. The molecule has 4 heterocycles. The summed E-state index contributed by atoms with van der Waals surface area (Å²) >= 11 is 1.01. The average Bonchev–Trinajstić information content (AvgIpc) is 0.679. The van der Waals surface area contributed by atoms with Gasteiger partial charge >= 0.3 is 6.18 Å². The lowest BCUT2D eigenvalue weighted by molar-refractivity contribution is -0.137. The third kappa shape index (κ3) is 10.9. The fraction of sp³-hybridized carbons (Fsp3) is 0.0110. The molecule has 5 nitrogen and oxygen atoms in total. The first kappa shape index (κ1) is 66.7. The van der Waals surface area contributed by atoms with Crippen LogP contribution in [0.5, 0.6) is 0 Å². The molecule has 0 amide bonds. The van der Waals surface area contributed by atoms with Crippen LogP contribution in [0, 0.1) is 40.7 Å². The van der Waals surface area contributed by atoms with Crippen LogP contribution in [0.25, 0.3) is 33.4 Å². The van der Waals surface area contributed by atoms with E-state index in [1.165, 1.54) is 69.3 Å². The van der Waals surface area contributed by atoms with Crippen LogP contribution in [-0.2, 0) is 6.18 Å². The monoisotopic (exact) mass is 1460 g/mol. The SMILES string of the molecule is Fc1cccc(F)c1N(c1ccccc1)c1cc2c3c(c1)N(c1c(-c4ccccc4)cccc1C(F)(F)F)c1c(cc4c(c1F)Sc1cc(N(c5ccc(-c6ccccc6)cc5)c5cccc(-c6ccccc6)c5)cc5c1B4c1ccccc1N5c1c(F)cccc1F)B3c1ccccc1N2c1c(F)cccc1F. The minimum absolute atomic E-state index is 0.00781. The van der Waals surface area contributed by atoms with Gasteiger partial charge in [-0.2, -0.15) is 13.2 Å². The Morgan fingerprint density at radius 3 is 1.28 bits per heavy atom. The highest BCUT2D eigenvalue weighted by Gasteiger charge is 2.52. The Morgan fingerprint density at radius 2 is 0.716 bits per heavy atom. The largest absolute Gasteiger partial charge is 0.418 e. The third-order valence-corrected chi connectivity index (χ3v) is 22.1. The predicted octanol–water partition coefficient (Wildman–Crippen LogP) is 22.5. The second-order valence-electron chi connectivity index (χ2n) is 27.0. The Morgan fingerprint density at radius 1 is 0.284 bits per heavy atom. The Balaban J connectivity index is 0.939. The highest BCUT2D eigenvalue weighted by molar-refractivity contribution is 8.00. The van der Waals surface area contributed by atoms with E-state index in [4.69, 9.17) is 0 Å². The normalized spacial score (nSPS) is 12.9. The lowest BCUT2D eigenvalue weighted by atomic mass is 9.31. The summed E-state index contributed by atoms with van der Waals surface area (Å²) < 4.78 is 176. The quantitative estimate of drug-likeness (QED) is 0.0889. The number of alkyl halides is 3. The molecular weight excluding hydrogens is 1410 g/mol. The average molecular weight is 1460 g/mol. The van der Waals surface area contributed by atoms with E-state index in [-0.39, 0.29) is 61.2 Å². The molecule has 0 spiro atoms. The molecule has 0 bridgehead atoms. The van der Waals surface area contributed by atoms with E-state index in [1.54, 1.807) is 114 Å². The van der Waals surface area contributed by atoms with Gasteiger partial charge in [0, 0.05) is 66.5 Å². The maximum Gasteiger partial charge on any atom is 0.418 e. The summed E-state index contributed by atoms with van der Waals surface area (Å²) in [4.78, 5) is 7.81. The summed E-state index contributed by atoms with van der Waals surface area (Å²) in [7, 11) is 0. The second kappa shape index (κ2) is 26.2. The van der Waals surface area contributed by atoms with Gasteiger partial charge in [0.25, 0.3) is 6.71 Å². The Bertz CT molecular complexity index is 6120. The van der Waals surface area contributed by atoms with Gasteiger partial charge in [-0.15, -0.1) is 0 Å². The van der Waals surface area contributed by atoms with Crippen LogP contribution in [0.2, 0.25) is 0 Å². The van der Waals surface area contributed by atoms with Crippen molar-refractivity contribution in [2.24, 2.45) is 0 Å². The van der Waals surface area contributed by atoms with Gasteiger partial charge < -0.3 is 24.5 Å². The molecule has 0 radical (unpaired) electrons. The summed E-state index contributed by atoms with van der Waals surface area (Å²) in [6, 6.07) is 88.5. The van der Waals surface area contributed by atoms with E-state index in [0.717, 1.165) is 64.3 Å². The van der Waals surface area contributed by atoms with Crippen molar-refractivity contribution in [3.63, 3.8) is 0 Å². The Labute approximate surface area is 625 Å². The van der Waals surface area contributed by atoms with Crippen LogP contribution in [-0.4, -0.2) is 13.4 Å². The topological polar surface area (TPSA) is 16.2 Å². The maximum absolute atomic E-state index is 21.0. The number of hydrogen-bond acceptors (Lipinski definition) is 6. The number of para-hydroxylation sites is 7. The zero-order chi connectivity index (χ0) is 74.1. The van der Waals surface area contributed by atoms with Gasteiger partial charge in [-0.05, 0) is 170 Å². The van der Waals surface area contributed by atoms with E-state index >= 15 is 43.9 Å². The van der Waals surface area contributed by atoms with Crippen LogP contribution < -0.4 is 57.3 Å². The van der Waals surface area contributed by atoms with E-state index in [2.05, 4.69) is 0 Å². The predicted molar refractivity (Wildman–Crippen MR) is 421 cm³/mol. The molecule has 18 heteroatoms. The minimum Gasteiger partial charge on any atom is -0.310 e. The number of hydrogen-bond donors (Lipinski definition) is 0. The molecule has 0 fully saturated rings. The summed E-state index contributed by atoms with van der Waals surface area (Å²) in [6.07, 6.45) is -5.19. The smallest absolute Gasteiger partial charge is 0.310 e. The van der Waals surface area contributed by atoms with Crippen molar-refractivity contribution in [2.75, 3.05) is 24.5 Å². The molecule has 0 aliphatic carbocycles. The van der Waals surface area contributed by atoms with E-state index in [1.807, 2.05) is 132 Å². The van der Waals surface area contributed by atoms with Crippen molar-refractivity contribution in [2.45, 2.75) is 16.0 Å². The zero-order valence-corrected chi connectivity index (χ0v) is 58.0. The van der Waals surface area contributed by atoms with Crippen molar-refractivity contribution >= 4 is 143 Å². The van der Waals surface area contributed by atoms with Crippen LogP contribution in [0.3, 0.4) is 0 Å². The minimum atomic E-state index is -5.19. The molecule has 524 valence electrons. The van der Waals surface area contributed by atoms with Crippen LogP contribution >= 0.6 is 11.8 Å². The zero-order valence-electron chi connectivity index (χ0n) is 57.2. The second-order valence-corrected chi connectivity index (χ2v) is 28.1. The molecule has 0 aromatic heterocycles. The van der Waals surface area contributed by atoms with Crippen molar-refractivity contribution in [1.82, 2.24) is 0 Å². The lowest BCUT2D eigenvalue weighted by Gasteiger charge is -2.47. The first-order chi connectivity index (χ1) is 53.2. The molecule has 4 aliphatic rings. The molecule has 15 aromatic rings. The number of nitrogens with zero attached hydrogens (tertiary/aromatic N) is 5. The summed E-state index contributed by atoms with van der Waals surface area (Å²) in [5.41, 5.74) is 4.84. The van der Waals surface area contributed by atoms with E-state index in [9.17, 15) is 0 Å².